The van der Waals surface area contributed by atoms with Crippen LogP contribution in [0, 0.1) is 5.92 Å². The molecule has 0 aromatic heterocycles. The molecule has 0 saturated carbocycles. The standard InChI is InChI=1S/C11H10O4/c1-2-3-7-9-8(12)4-5-11(9,14)6-15-10(7)13/h2-5,9,14H,1,6H2. The second-order valence-electron chi connectivity index (χ2n) is 3.59. The first-order chi connectivity index (χ1) is 7.08. The molecule has 1 N–H and O–H groups in total. The Morgan fingerprint density at radius 3 is 3.00 bits per heavy atom. The van der Waals surface area contributed by atoms with Gasteiger partial charge >= 0.3 is 5.97 Å². The summed E-state index contributed by atoms with van der Waals surface area (Å²) in [5.74, 6) is -1.68. The molecule has 0 spiro atoms. The van der Waals surface area contributed by atoms with E-state index in [1.165, 1.54) is 24.3 Å². The van der Waals surface area contributed by atoms with Crippen molar-refractivity contribution in [2.45, 2.75) is 5.60 Å². The van der Waals surface area contributed by atoms with Gasteiger partial charge in [-0.05, 0) is 12.2 Å². The van der Waals surface area contributed by atoms with Crippen molar-refractivity contribution in [1.82, 2.24) is 0 Å². The Balaban J connectivity index is 2.47. The highest BCUT2D eigenvalue weighted by atomic mass is 16.5. The van der Waals surface area contributed by atoms with E-state index in [1.807, 2.05) is 0 Å². The number of carbonyl (C=O) groups excluding carboxylic acids is 2. The zero-order chi connectivity index (χ0) is 11.1. The number of cyclic esters (lactones) is 1. The van der Waals surface area contributed by atoms with Gasteiger partial charge in [0, 0.05) is 0 Å². The fraction of sp³-hybridized carbons (Fsp3) is 0.273. The van der Waals surface area contributed by atoms with E-state index in [9.17, 15) is 14.7 Å². The van der Waals surface area contributed by atoms with Crippen LogP contribution in [-0.4, -0.2) is 29.1 Å². The Labute approximate surface area is 86.5 Å². The van der Waals surface area contributed by atoms with E-state index in [-0.39, 0.29) is 18.0 Å². The van der Waals surface area contributed by atoms with Crippen LogP contribution >= 0.6 is 0 Å². The third-order valence-corrected chi connectivity index (χ3v) is 2.60. The first kappa shape index (κ1) is 9.86. The molecule has 0 bridgehead atoms. The number of esters is 1. The summed E-state index contributed by atoms with van der Waals surface area (Å²) in [5.41, 5.74) is -1.21. The lowest BCUT2D eigenvalue weighted by Crippen LogP contribution is -2.48. The topological polar surface area (TPSA) is 63.6 Å². The van der Waals surface area contributed by atoms with Gasteiger partial charge in [-0.2, -0.15) is 0 Å². The molecule has 0 aromatic carbocycles. The number of ether oxygens (including phenoxy) is 1. The molecule has 4 heteroatoms. The molecule has 1 aliphatic heterocycles. The lowest BCUT2D eigenvalue weighted by Gasteiger charge is -2.33. The molecule has 4 nitrogen and oxygen atoms in total. The van der Waals surface area contributed by atoms with Crippen LogP contribution in [0.4, 0.5) is 0 Å². The molecular weight excluding hydrogens is 196 g/mol. The molecular formula is C11H10O4. The largest absolute Gasteiger partial charge is 0.459 e. The van der Waals surface area contributed by atoms with Gasteiger partial charge in [0.05, 0.1) is 11.5 Å². The normalized spacial score (nSPS) is 36.6. The fourth-order valence-corrected chi connectivity index (χ4v) is 1.89. The second kappa shape index (κ2) is 3.17. The predicted molar refractivity (Wildman–Crippen MR) is 51.8 cm³/mol. The Kier molecular flexibility index (Phi) is 2.08. The van der Waals surface area contributed by atoms with Crippen LogP contribution in [0.25, 0.3) is 0 Å². The van der Waals surface area contributed by atoms with Gasteiger partial charge in [0.1, 0.15) is 12.2 Å². The van der Waals surface area contributed by atoms with Crippen LogP contribution in [0.5, 0.6) is 0 Å². The Morgan fingerprint density at radius 1 is 1.60 bits per heavy atom. The van der Waals surface area contributed by atoms with Crippen molar-refractivity contribution in [2.75, 3.05) is 6.61 Å². The molecule has 1 heterocycles. The summed E-state index contributed by atoms with van der Waals surface area (Å²) in [6, 6.07) is 0. The van der Waals surface area contributed by atoms with Crippen molar-refractivity contribution in [3.05, 3.63) is 36.5 Å². The molecule has 1 saturated heterocycles. The maximum atomic E-state index is 11.5. The van der Waals surface area contributed by atoms with Crippen LogP contribution in [0.3, 0.4) is 0 Å². The minimum absolute atomic E-state index is 0.161. The Morgan fingerprint density at radius 2 is 2.33 bits per heavy atom. The Bertz CT molecular complexity index is 405. The highest BCUT2D eigenvalue weighted by molar-refractivity contribution is 6.06. The number of hydrogen-bond donors (Lipinski definition) is 1. The van der Waals surface area contributed by atoms with Crippen LogP contribution in [-0.2, 0) is 14.3 Å². The van der Waals surface area contributed by atoms with Crippen molar-refractivity contribution in [3.8, 4) is 0 Å². The molecule has 15 heavy (non-hydrogen) atoms. The summed E-state index contributed by atoms with van der Waals surface area (Å²) in [7, 11) is 0. The number of carbonyl (C=O) groups is 2. The third-order valence-electron chi connectivity index (χ3n) is 2.60. The molecule has 2 unspecified atom stereocenters. The van der Waals surface area contributed by atoms with Gasteiger partial charge in [0.25, 0.3) is 0 Å². The number of rotatable bonds is 1. The smallest absolute Gasteiger partial charge is 0.335 e. The van der Waals surface area contributed by atoms with E-state index in [1.54, 1.807) is 0 Å². The van der Waals surface area contributed by atoms with E-state index in [0.717, 1.165) is 0 Å². The zero-order valence-electron chi connectivity index (χ0n) is 7.97. The fourth-order valence-electron chi connectivity index (χ4n) is 1.89. The number of aliphatic hydroxyl groups is 1. The first-order valence-electron chi connectivity index (χ1n) is 4.54. The van der Waals surface area contributed by atoms with Crippen LogP contribution in [0.15, 0.2) is 36.5 Å². The van der Waals surface area contributed by atoms with Crippen molar-refractivity contribution in [3.63, 3.8) is 0 Å². The zero-order valence-corrected chi connectivity index (χ0v) is 7.97. The maximum Gasteiger partial charge on any atom is 0.335 e. The molecule has 2 atom stereocenters. The van der Waals surface area contributed by atoms with Gasteiger partial charge < -0.3 is 9.84 Å². The third kappa shape index (κ3) is 1.34. The molecule has 78 valence electrons. The molecule has 0 radical (unpaired) electrons. The summed E-state index contributed by atoms with van der Waals surface area (Å²) >= 11 is 0. The summed E-state index contributed by atoms with van der Waals surface area (Å²) in [5, 5.41) is 10.0. The summed E-state index contributed by atoms with van der Waals surface area (Å²) < 4.78 is 4.80. The van der Waals surface area contributed by atoms with Gasteiger partial charge in [-0.25, -0.2) is 4.79 Å². The highest BCUT2D eigenvalue weighted by Crippen LogP contribution is 2.37. The second-order valence-corrected chi connectivity index (χ2v) is 3.59. The summed E-state index contributed by atoms with van der Waals surface area (Å²) in [6.45, 7) is 3.28. The first-order valence-corrected chi connectivity index (χ1v) is 4.54. The molecule has 0 aromatic rings. The van der Waals surface area contributed by atoms with Crippen molar-refractivity contribution >= 4 is 11.8 Å². The van der Waals surface area contributed by atoms with E-state index < -0.39 is 17.5 Å². The number of hydrogen-bond acceptors (Lipinski definition) is 4. The van der Waals surface area contributed by atoms with Crippen LogP contribution in [0.2, 0.25) is 0 Å². The van der Waals surface area contributed by atoms with Gasteiger partial charge in [-0.15, -0.1) is 0 Å². The van der Waals surface area contributed by atoms with E-state index in [2.05, 4.69) is 6.58 Å². The lowest BCUT2D eigenvalue weighted by atomic mass is 9.82. The average Bonchev–Trinajstić information content (AvgIpc) is 2.50. The Hall–Kier alpha value is -1.68. The van der Waals surface area contributed by atoms with Crippen LogP contribution in [0.1, 0.15) is 0 Å². The molecule has 2 rings (SSSR count). The number of allylic oxidation sites excluding steroid dienone is 3. The lowest BCUT2D eigenvalue weighted by molar-refractivity contribution is -0.157. The van der Waals surface area contributed by atoms with Crippen LogP contribution < -0.4 is 0 Å². The maximum absolute atomic E-state index is 11.5. The van der Waals surface area contributed by atoms with Gasteiger partial charge in [0.2, 0.25) is 0 Å². The van der Waals surface area contributed by atoms with Gasteiger partial charge in [-0.3, -0.25) is 4.79 Å². The van der Waals surface area contributed by atoms with E-state index >= 15 is 0 Å². The molecule has 1 fully saturated rings. The van der Waals surface area contributed by atoms with Gasteiger partial charge in [0.15, 0.2) is 5.78 Å². The average molecular weight is 206 g/mol. The van der Waals surface area contributed by atoms with Crippen molar-refractivity contribution in [1.29, 1.82) is 0 Å². The minimum Gasteiger partial charge on any atom is -0.459 e. The molecule has 0 amide bonds. The SMILES string of the molecule is C=CC=C1C(=O)OCC2(O)C=CC(=O)C12. The van der Waals surface area contributed by atoms with Crippen molar-refractivity contribution in [2.24, 2.45) is 5.92 Å². The minimum atomic E-state index is -1.38. The quantitative estimate of drug-likeness (QED) is 0.489. The van der Waals surface area contributed by atoms with Gasteiger partial charge in [-0.1, -0.05) is 18.7 Å². The summed E-state index contributed by atoms with van der Waals surface area (Å²) in [6.07, 6.45) is 5.46. The summed E-state index contributed by atoms with van der Waals surface area (Å²) in [4.78, 5) is 22.9. The monoisotopic (exact) mass is 206 g/mol. The highest BCUT2D eigenvalue weighted by Gasteiger charge is 2.51. The number of ketones is 1. The molecule has 1 aliphatic carbocycles. The van der Waals surface area contributed by atoms with E-state index in [0.29, 0.717) is 0 Å². The number of fused-ring (bicyclic) bond motifs is 1. The van der Waals surface area contributed by atoms with E-state index in [4.69, 9.17) is 4.74 Å². The molecule has 2 aliphatic rings. The van der Waals surface area contributed by atoms with Crippen molar-refractivity contribution < 1.29 is 19.4 Å². The predicted octanol–water partition coefficient (Wildman–Crippen LogP) is 0.142.